The van der Waals surface area contributed by atoms with Gasteiger partial charge in [-0.15, -0.1) is 11.8 Å². The first kappa shape index (κ1) is 17.6. The number of nitriles is 1. The molecular formula is C18H14N2O5S. The predicted molar refractivity (Wildman–Crippen MR) is 94.3 cm³/mol. The van der Waals surface area contributed by atoms with Gasteiger partial charge in [-0.05, 0) is 24.3 Å². The molecule has 7 nitrogen and oxygen atoms in total. The molecule has 1 aliphatic heterocycles. The van der Waals surface area contributed by atoms with Crippen molar-refractivity contribution in [2.45, 2.75) is 4.90 Å². The SMILES string of the molecule is N#CCOC(=O)c1ccccc1SCC(=O)Nc1ccc2c(c1)OCO2. The van der Waals surface area contributed by atoms with Crippen LogP contribution in [0.2, 0.25) is 0 Å². The van der Waals surface area contributed by atoms with Crippen LogP contribution in [0.15, 0.2) is 47.4 Å². The highest BCUT2D eigenvalue weighted by atomic mass is 32.2. The summed E-state index contributed by atoms with van der Waals surface area (Å²) in [5.41, 5.74) is 0.921. The van der Waals surface area contributed by atoms with E-state index in [4.69, 9.17) is 19.5 Å². The number of ether oxygens (including phenoxy) is 3. The minimum atomic E-state index is -0.592. The summed E-state index contributed by atoms with van der Waals surface area (Å²) in [5, 5.41) is 11.3. The number of rotatable bonds is 6. The molecule has 0 spiro atoms. The number of hydrogen-bond donors (Lipinski definition) is 1. The average molecular weight is 370 g/mol. The number of nitrogens with one attached hydrogen (secondary N) is 1. The van der Waals surface area contributed by atoms with Crippen molar-refractivity contribution in [3.63, 3.8) is 0 Å². The number of benzene rings is 2. The quantitative estimate of drug-likeness (QED) is 0.617. The molecule has 1 amide bonds. The first-order valence-corrected chi connectivity index (χ1v) is 8.61. The zero-order valence-electron chi connectivity index (χ0n) is 13.6. The molecule has 3 rings (SSSR count). The molecule has 132 valence electrons. The van der Waals surface area contributed by atoms with Crippen LogP contribution in [-0.4, -0.2) is 31.0 Å². The number of thioether (sulfide) groups is 1. The van der Waals surface area contributed by atoms with E-state index in [1.165, 1.54) is 11.8 Å². The lowest BCUT2D eigenvalue weighted by Crippen LogP contribution is -2.14. The van der Waals surface area contributed by atoms with Crippen molar-refractivity contribution < 1.29 is 23.8 Å². The Morgan fingerprint density at radius 3 is 2.85 bits per heavy atom. The molecule has 1 N–H and O–H groups in total. The van der Waals surface area contributed by atoms with Gasteiger partial charge < -0.3 is 19.5 Å². The van der Waals surface area contributed by atoms with E-state index in [1.54, 1.807) is 48.5 Å². The maximum Gasteiger partial charge on any atom is 0.340 e. The molecule has 0 aromatic heterocycles. The number of carbonyl (C=O) groups is 2. The summed E-state index contributed by atoms with van der Waals surface area (Å²) in [7, 11) is 0. The predicted octanol–water partition coefficient (Wildman–Crippen LogP) is 2.83. The molecule has 2 aromatic carbocycles. The third-order valence-electron chi connectivity index (χ3n) is 3.39. The van der Waals surface area contributed by atoms with Crippen molar-refractivity contribution in [1.29, 1.82) is 5.26 Å². The zero-order valence-corrected chi connectivity index (χ0v) is 14.4. The Balaban J connectivity index is 1.59. The van der Waals surface area contributed by atoms with Crippen LogP contribution in [0.5, 0.6) is 11.5 Å². The Morgan fingerprint density at radius 2 is 2.00 bits per heavy atom. The molecule has 0 radical (unpaired) electrons. The molecule has 0 unspecified atom stereocenters. The molecule has 26 heavy (non-hydrogen) atoms. The summed E-state index contributed by atoms with van der Waals surface area (Å²) < 4.78 is 15.3. The number of fused-ring (bicyclic) bond motifs is 1. The van der Waals surface area contributed by atoms with Crippen molar-refractivity contribution >= 4 is 29.3 Å². The van der Waals surface area contributed by atoms with Crippen LogP contribution in [0, 0.1) is 11.3 Å². The van der Waals surface area contributed by atoms with Gasteiger partial charge in [0.1, 0.15) is 6.07 Å². The fourth-order valence-electron chi connectivity index (χ4n) is 2.25. The Morgan fingerprint density at radius 1 is 1.19 bits per heavy atom. The van der Waals surface area contributed by atoms with Gasteiger partial charge >= 0.3 is 5.97 Å². The molecule has 0 bridgehead atoms. The second kappa shape index (κ2) is 8.27. The summed E-state index contributed by atoms with van der Waals surface area (Å²) in [6.07, 6.45) is 0. The Labute approximate surface area is 153 Å². The molecule has 8 heteroatoms. The molecule has 0 atom stereocenters. The average Bonchev–Trinajstić information content (AvgIpc) is 3.12. The molecule has 0 fully saturated rings. The van der Waals surface area contributed by atoms with Gasteiger partial charge in [0, 0.05) is 16.6 Å². The van der Waals surface area contributed by atoms with Crippen molar-refractivity contribution in [1.82, 2.24) is 0 Å². The van der Waals surface area contributed by atoms with E-state index in [2.05, 4.69) is 5.32 Å². The second-order valence-electron chi connectivity index (χ2n) is 5.14. The number of amides is 1. The Hall–Kier alpha value is -3.18. The molecule has 0 saturated heterocycles. The van der Waals surface area contributed by atoms with Crippen LogP contribution in [0.3, 0.4) is 0 Å². The van der Waals surface area contributed by atoms with E-state index in [9.17, 15) is 9.59 Å². The lowest BCUT2D eigenvalue weighted by Gasteiger charge is -2.09. The van der Waals surface area contributed by atoms with Crippen molar-refractivity contribution in [3.8, 4) is 17.6 Å². The summed E-state index contributed by atoms with van der Waals surface area (Å²) in [6, 6.07) is 13.7. The first-order chi connectivity index (χ1) is 12.7. The van der Waals surface area contributed by atoms with Gasteiger partial charge in [-0.1, -0.05) is 12.1 Å². The van der Waals surface area contributed by atoms with Gasteiger partial charge in [0.15, 0.2) is 18.1 Å². The molecule has 0 saturated carbocycles. The van der Waals surface area contributed by atoms with Crippen molar-refractivity contribution in [3.05, 3.63) is 48.0 Å². The third kappa shape index (κ3) is 4.26. The number of anilines is 1. The number of nitrogens with zero attached hydrogens (tertiary/aromatic N) is 1. The van der Waals surface area contributed by atoms with E-state index in [0.717, 1.165) is 0 Å². The van der Waals surface area contributed by atoms with E-state index in [0.29, 0.717) is 27.6 Å². The zero-order chi connectivity index (χ0) is 18.4. The lowest BCUT2D eigenvalue weighted by molar-refractivity contribution is -0.113. The van der Waals surface area contributed by atoms with Crippen LogP contribution >= 0.6 is 11.8 Å². The highest BCUT2D eigenvalue weighted by Crippen LogP contribution is 2.34. The fraction of sp³-hybridized carbons (Fsp3) is 0.167. The van der Waals surface area contributed by atoms with E-state index < -0.39 is 5.97 Å². The smallest absolute Gasteiger partial charge is 0.340 e. The lowest BCUT2D eigenvalue weighted by atomic mass is 10.2. The van der Waals surface area contributed by atoms with Crippen LogP contribution in [0.1, 0.15) is 10.4 Å². The van der Waals surface area contributed by atoms with Gasteiger partial charge in [-0.25, -0.2) is 4.79 Å². The first-order valence-electron chi connectivity index (χ1n) is 7.63. The summed E-state index contributed by atoms with van der Waals surface area (Å²) >= 11 is 1.21. The summed E-state index contributed by atoms with van der Waals surface area (Å²) in [6.45, 7) is -0.149. The molecule has 1 aliphatic rings. The number of hydrogen-bond acceptors (Lipinski definition) is 7. The minimum Gasteiger partial charge on any atom is -0.454 e. The van der Waals surface area contributed by atoms with Gasteiger partial charge in [0.2, 0.25) is 12.7 Å². The highest BCUT2D eigenvalue weighted by Gasteiger charge is 2.16. The van der Waals surface area contributed by atoms with Gasteiger partial charge in [-0.2, -0.15) is 5.26 Å². The van der Waals surface area contributed by atoms with Crippen molar-refractivity contribution in [2.75, 3.05) is 24.5 Å². The number of esters is 1. The topological polar surface area (TPSA) is 97.7 Å². The summed E-state index contributed by atoms with van der Waals surface area (Å²) in [4.78, 5) is 24.7. The molecule has 0 aliphatic carbocycles. The second-order valence-corrected chi connectivity index (χ2v) is 6.15. The minimum absolute atomic E-state index is 0.108. The third-order valence-corrected chi connectivity index (χ3v) is 4.46. The van der Waals surface area contributed by atoms with Crippen LogP contribution < -0.4 is 14.8 Å². The molecule has 1 heterocycles. The van der Waals surface area contributed by atoms with Gasteiger partial charge in [-0.3, -0.25) is 4.79 Å². The van der Waals surface area contributed by atoms with Gasteiger partial charge in [0.05, 0.1) is 11.3 Å². The molecular weight excluding hydrogens is 356 g/mol. The van der Waals surface area contributed by atoms with Crippen molar-refractivity contribution in [2.24, 2.45) is 0 Å². The van der Waals surface area contributed by atoms with Crippen LogP contribution in [-0.2, 0) is 9.53 Å². The molecule has 2 aromatic rings. The number of carbonyl (C=O) groups excluding carboxylic acids is 2. The maximum atomic E-state index is 12.2. The maximum absolute atomic E-state index is 12.2. The highest BCUT2D eigenvalue weighted by molar-refractivity contribution is 8.00. The van der Waals surface area contributed by atoms with Gasteiger partial charge in [0.25, 0.3) is 0 Å². The van der Waals surface area contributed by atoms with E-state index in [1.807, 2.05) is 0 Å². The fourth-order valence-corrected chi connectivity index (χ4v) is 3.09. The van der Waals surface area contributed by atoms with E-state index >= 15 is 0 Å². The summed E-state index contributed by atoms with van der Waals surface area (Å²) in [5.74, 6) is 0.514. The monoisotopic (exact) mass is 370 g/mol. The normalized spacial score (nSPS) is 11.5. The van der Waals surface area contributed by atoms with E-state index in [-0.39, 0.29) is 25.1 Å². The van der Waals surface area contributed by atoms with Crippen LogP contribution in [0.4, 0.5) is 5.69 Å². The van der Waals surface area contributed by atoms with Crippen LogP contribution in [0.25, 0.3) is 0 Å². The largest absolute Gasteiger partial charge is 0.454 e. The standard InChI is InChI=1S/C18H14N2O5S/c19-7-8-23-18(22)13-3-1-2-4-16(13)26-10-17(21)20-12-5-6-14-15(9-12)25-11-24-14/h1-6,9H,8,10-11H2,(H,20,21). The Kier molecular flexibility index (Phi) is 5.61. The Bertz CT molecular complexity index is 878.